The van der Waals surface area contributed by atoms with Crippen molar-refractivity contribution in [1.82, 2.24) is 0 Å². The second kappa shape index (κ2) is 14.6. The van der Waals surface area contributed by atoms with Gasteiger partial charge in [0.1, 0.15) is 0 Å². The third kappa shape index (κ3) is 6.00. The van der Waals surface area contributed by atoms with Gasteiger partial charge in [-0.05, 0) is 101 Å². The lowest BCUT2D eigenvalue weighted by Crippen LogP contribution is -2.45. The lowest BCUT2D eigenvalue weighted by Gasteiger charge is -2.61. The summed E-state index contributed by atoms with van der Waals surface area (Å²) in [5.41, 5.74) is 8.69. The quantitative estimate of drug-likeness (QED) is 0.224. The highest BCUT2D eigenvalue weighted by molar-refractivity contribution is 7.79. The molecule has 3 aromatic carbocycles. The van der Waals surface area contributed by atoms with Gasteiger partial charge in [-0.1, -0.05) is 172 Å². The Hall–Kier alpha value is -1.48. The number of allylic oxidation sites excluding steroid dienone is 1. The molecule has 1 atom stereocenters. The number of fused-ring (bicyclic) bond motifs is 2. The van der Waals surface area contributed by atoms with E-state index in [0.717, 1.165) is 22.6 Å². The van der Waals surface area contributed by atoms with Crippen LogP contribution in [0.3, 0.4) is 0 Å². The van der Waals surface area contributed by atoms with E-state index in [2.05, 4.69) is 78.9 Å². The summed E-state index contributed by atoms with van der Waals surface area (Å²) < 4.78 is 0. The molecule has 4 saturated carbocycles. The molecular formula is C44H58P2. The van der Waals surface area contributed by atoms with E-state index < -0.39 is 0 Å². The van der Waals surface area contributed by atoms with Gasteiger partial charge in [-0.3, -0.25) is 0 Å². The van der Waals surface area contributed by atoms with E-state index in [-0.39, 0.29) is 15.8 Å². The molecule has 5 aliphatic carbocycles. The molecule has 3 aromatic rings. The van der Waals surface area contributed by atoms with Gasteiger partial charge >= 0.3 is 0 Å². The van der Waals surface area contributed by atoms with Crippen molar-refractivity contribution in [3.63, 3.8) is 0 Å². The smallest absolute Gasteiger partial charge is 0.0404 e. The normalized spacial score (nSPS) is 25.3. The van der Waals surface area contributed by atoms with Crippen molar-refractivity contribution in [2.24, 2.45) is 0 Å². The summed E-state index contributed by atoms with van der Waals surface area (Å²) in [7, 11) is -0.378. The lowest BCUT2D eigenvalue weighted by atomic mass is 9.79. The van der Waals surface area contributed by atoms with Crippen LogP contribution in [-0.4, -0.2) is 27.5 Å². The molecule has 0 bridgehead atoms. The van der Waals surface area contributed by atoms with Crippen LogP contribution in [0.15, 0.2) is 72.8 Å². The van der Waals surface area contributed by atoms with Crippen molar-refractivity contribution < 1.29 is 0 Å². The van der Waals surface area contributed by atoms with Gasteiger partial charge in [-0.25, -0.2) is 0 Å². The van der Waals surface area contributed by atoms with E-state index >= 15 is 0 Å². The van der Waals surface area contributed by atoms with Crippen LogP contribution in [0.1, 0.15) is 151 Å². The van der Waals surface area contributed by atoms with Gasteiger partial charge in [-0.15, -0.1) is 0 Å². The van der Waals surface area contributed by atoms with E-state index in [9.17, 15) is 0 Å². The Kier molecular flexibility index (Phi) is 10.1. The van der Waals surface area contributed by atoms with E-state index in [4.69, 9.17) is 0 Å². The zero-order valence-electron chi connectivity index (χ0n) is 28.4. The first-order chi connectivity index (χ1) is 22.8. The highest BCUT2D eigenvalue weighted by Gasteiger charge is 2.59. The molecule has 244 valence electrons. The molecule has 4 fully saturated rings. The van der Waals surface area contributed by atoms with Gasteiger partial charge in [0.15, 0.2) is 0 Å². The van der Waals surface area contributed by atoms with Crippen LogP contribution in [-0.2, 0) is 0 Å². The Bertz CT molecular complexity index is 1380. The van der Waals surface area contributed by atoms with Gasteiger partial charge in [0.05, 0.1) is 0 Å². The first-order valence-corrected chi connectivity index (χ1v) is 22.6. The standard InChI is InChI=1S/C44H58P2/c1-5-21-36(22-6-1)45(37-23-7-2-8-24-37)44(46(38-25-9-3-10-26-38)39-27-11-4-12-28-39)33-32-35-19-14-16-30-41(35)43(44)42-31-17-20-34-18-13-15-29-40(34)42/h13-20,29-33,36-39,43H,1-12,21-28H2. The maximum absolute atomic E-state index is 3.05. The SMILES string of the molecule is C1=CC(P(C2CCCCC2)C2CCCCC2)(P(C2CCCCC2)C2CCCCC2)C(c2cccc3ccccc23)c2ccccc21. The molecule has 1 unspecified atom stereocenters. The fraction of sp³-hybridized carbons (Fsp3) is 0.591. The lowest BCUT2D eigenvalue weighted by molar-refractivity contribution is 0.468. The largest absolute Gasteiger partial charge is 0.0844 e. The Labute approximate surface area is 283 Å². The van der Waals surface area contributed by atoms with E-state index in [1.807, 2.05) is 0 Å². The molecule has 0 radical (unpaired) electrons. The van der Waals surface area contributed by atoms with Crippen molar-refractivity contribution in [1.29, 1.82) is 0 Å². The fourth-order valence-corrected chi connectivity index (χ4v) is 23.1. The van der Waals surface area contributed by atoms with Crippen molar-refractivity contribution in [3.05, 3.63) is 89.5 Å². The molecule has 8 rings (SSSR count). The summed E-state index contributed by atoms with van der Waals surface area (Å²) in [6, 6.07) is 26.7. The van der Waals surface area contributed by atoms with E-state index in [0.29, 0.717) is 10.8 Å². The second-order valence-corrected chi connectivity index (χ2v) is 22.1. The minimum atomic E-state index is -0.189. The predicted molar refractivity (Wildman–Crippen MR) is 205 cm³/mol. The zero-order chi connectivity index (χ0) is 30.8. The Morgan fingerprint density at radius 2 is 0.870 bits per heavy atom. The summed E-state index contributed by atoms with van der Waals surface area (Å²) >= 11 is 0. The fourth-order valence-electron chi connectivity index (χ4n) is 11.2. The van der Waals surface area contributed by atoms with E-state index in [1.165, 1.54) is 145 Å². The van der Waals surface area contributed by atoms with Gasteiger partial charge in [0.2, 0.25) is 0 Å². The third-order valence-electron chi connectivity index (χ3n) is 13.1. The molecule has 46 heavy (non-hydrogen) atoms. The summed E-state index contributed by atoms with van der Waals surface area (Å²) in [5, 5.41) is 2.98. The Balaban J connectivity index is 1.43. The molecule has 0 aliphatic heterocycles. The Morgan fingerprint density at radius 3 is 1.41 bits per heavy atom. The van der Waals surface area contributed by atoms with Crippen LogP contribution in [0.4, 0.5) is 0 Å². The number of hydrogen-bond donors (Lipinski definition) is 0. The van der Waals surface area contributed by atoms with Crippen LogP contribution >= 0.6 is 15.8 Å². The minimum Gasteiger partial charge on any atom is -0.0844 e. The maximum Gasteiger partial charge on any atom is 0.0404 e. The van der Waals surface area contributed by atoms with Gasteiger partial charge in [0, 0.05) is 10.8 Å². The van der Waals surface area contributed by atoms with Gasteiger partial charge in [0.25, 0.3) is 0 Å². The first kappa shape index (κ1) is 31.8. The second-order valence-electron chi connectivity index (χ2n) is 15.7. The maximum atomic E-state index is 3.05. The van der Waals surface area contributed by atoms with Crippen molar-refractivity contribution >= 4 is 32.7 Å². The van der Waals surface area contributed by atoms with Gasteiger partial charge < -0.3 is 0 Å². The molecule has 5 aliphatic rings. The third-order valence-corrected chi connectivity index (χ3v) is 22.1. The monoisotopic (exact) mass is 648 g/mol. The first-order valence-electron chi connectivity index (χ1n) is 19.7. The average molecular weight is 649 g/mol. The van der Waals surface area contributed by atoms with E-state index in [1.54, 1.807) is 11.1 Å². The molecule has 0 saturated heterocycles. The predicted octanol–water partition coefficient (Wildman–Crippen LogP) is 14.0. The molecule has 0 aromatic heterocycles. The van der Waals surface area contributed by atoms with Gasteiger partial charge in [-0.2, -0.15) is 0 Å². The van der Waals surface area contributed by atoms with Crippen LogP contribution in [0, 0.1) is 0 Å². The molecule has 2 heteroatoms. The average Bonchev–Trinajstić information content (AvgIpc) is 3.13. The molecule has 0 amide bonds. The summed E-state index contributed by atoms with van der Waals surface area (Å²) in [4.78, 5) is 0.303. The number of hydrogen-bond acceptors (Lipinski definition) is 0. The van der Waals surface area contributed by atoms with Crippen LogP contribution in [0.5, 0.6) is 0 Å². The highest BCUT2D eigenvalue weighted by atomic mass is 31.2. The van der Waals surface area contributed by atoms with Crippen molar-refractivity contribution in [3.8, 4) is 0 Å². The molecular weight excluding hydrogens is 590 g/mol. The number of rotatable bonds is 7. The zero-order valence-corrected chi connectivity index (χ0v) is 30.2. The molecule has 0 N–H and O–H groups in total. The topological polar surface area (TPSA) is 0 Å². The molecule has 0 heterocycles. The molecule has 0 spiro atoms. The van der Waals surface area contributed by atoms with Crippen LogP contribution in [0.2, 0.25) is 0 Å². The Morgan fingerprint density at radius 1 is 0.435 bits per heavy atom. The van der Waals surface area contributed by atoms with Crippen molar-refractivity contribution in [2.45, 2.75) is 162 Å². The summed E-state index contributed by atoms with van der Waals surface area (Å²) in [6.45, 7) is 0. The number of benzene rings is 3. The van der Waals surface area contributed by atoms with Crippen LogP contribution < -0.4 is 0 Å². The summed E-state index contributed by atoms with van der Waals surface area (Å²) in [6.07, 6.45) is 35.6. The molecule has 0 nitrogen and oxygen atoms in total. The summed E-state index contributed by atoms with van der Waals surface area (Å²) in [5.74, 6) is 0.490. The minimum absolute atomic E-state index is 0.189. The van der Waals surface area contributed by atoms with Crippen LogP contribution in [0.25, 0.3) is 16.8 Å². The van der Waals surface area contributed by atoms with Crippen molar-refractivity contribution in [2.75, 3.05) is 0 Å². The highest BCUT2D eigenvalue weighted by Crippen LogP contribution is 2.84.